The van der Waals surface area contributed by atoms with Crippen LogP contribution >= 0.6 is 22.9 Å². The van der Waals surface area contributed by atoms with Crippen molar-refractivity contribution in [1.29, 1.82) is 0 Å². The molecular weight excluding hydrogens is 368 g/mol. The van der Waals surface area contributed by atoms with Crippen LogP contribution in [0.5, 0.6) is 0 Å². The van der Waals surface area contributed by atoms with Gasteiger partial charge >= 0.3 is 0 Å². The van der Waals surface area contributed by atoms with Crippen LogP contribution in [0.4, 0.5) is 5.13 Å². The molecule has 0 radical (unpaired) electrons. The molecule has 1 amide bonds. The quantitative estimate of drug-likeness (QED) is 0.493. The molecule has 4 aromatic rings. The van der Waals surface area contributed by atoms with Crippen molar-refractivity contribution in [3.63, 3.8) is 0 Å². The predicted octanol–water partition coefficient (Wildman–Crippen LogP) is 5.69. The van der Waals surface area contributed by atoms with E-state index in [2.05, 4.69) is 10.3 Å². The van der Waals surface area contributed by atoms with Crippen LogP contribution in [-0.4, -0.2) is 10.9 Å². The number of hydrogen-bond donors (Lipinski definition) is 1. The van der Waals surface area contributed by atoms with Crippen LogP contribution in [0.1, 0.15) is 26.7 Å². The van der Waals surface area contributed by atoms with Gasteiger partial charge in [0.15, 0.2) is 10.9 Å². The summed E-state index contributed by atoms with van der Waals surface area (Å²) < 4.78 is 5.60. The molecule has 0 unspecified atom stereocenters. The summed E-state index contributed by atoms with van der Waals surface area (Å²) in [5.74, 6) is -0.0362. The molecule has 2 aromatic heterocycles. The molecule has 0 atom stereocenters. The Hall–Kier alpha value is -2.63. The smallest absolute Gasteiger partial charge is 0.293 e. The molecular formula is C20H15ClN2O2S. The molecule has 0 bridgehead atoms. The minimum atomic E-state index is -0.306. The van der Waals surface area contributed by atoms with E-state index < -0.39 is 0 Å². The van der Waals surface area contributed by atoms with Crippen LogP contribution in [0.2, 0.25) is 5.02 Å². The summed E-state index contributed by atoms with van der Waals surface area (Å²) >= 11 is 7.69. The second kappa shape index (κ2) is 6.94. The van der Waals surface area contributed by atoms with Crippen LogP contribution in [0.3, 0.4) is 0 Å². The van der Waals surface area contributed by atoms with Gasteiger partial charge in [-0.15, -0.1) is 11.3 Å². The topological polar surface area (TPSA) is 55.1 Å². The second-order valence-corrected chi connectivity index (χ2v) is 7.39. The Morgan fingerprint density at radius 2 is 1.96 bits per heavy atom. The van der Waals surface area contributed by atoms with Gasteiger partial charge < -0.3 is 4.42 Å². The van der Waals surface area contributed by atoms with Crippen LogP contribution in [0.25, 0.3) is 11.0 Å². The molecule has 0 fully saturated rings. The zero-order valence-electron chi connectivity index (χ0n) is 14.0. The summed E-state index contributed by atoms with van der Waals surface area (Å²) in [7, 11) is 0. The minimum Gasteiger partial charge on any atom is -0.451 e. The first-order chi connectivity index (χ1) is 12.6. The van der Waals surface area contributed by atoms with Crippen molar-refractivity contribution in [2.45, 2.75) is 13.3 Å². The highest BCUT2D eigenvalue weighted by atomic mass is 35.5. The number of hydrogen-bond acceptors (Lipinski definition) is 4. The van der Waals surface area contributed by atoms with Gasteiger partial charge in [-0.2, -0.15) is 0 Å². The standard InChI is InChI=1S/C20H15ClN2O2S/c1-12-18(11-13-6-2-4-8-15(13)21)26-20(22-12)23-19(24)17-10-14-7-3-5-9-16(14)25-17/h2-10H,11H2,1H3,(H,22,23,24). The molecule has 4 nitrogen and oxygen atoms in total. The Balaban J connectivity index is 1.53. The number of nitrogens with one attached hydrogen (secondary N) is 1. The number of benzene rings is 2. The zero-order valence-corrected chi connectivity index (χ0v) is 15.5. The lowest BCUT2D eigenvalue weighted by Gasteiger charge is -2.02. The Kier molecular flexibility index (Phi) is 4.49. The lowest BCUT2D eigenvalue weighted by molar-refractivity contribution is 0.0998. The molecule has 2 aromatic carbocycles. The molecule has 0 saturated heterocycles. The number of rotatable bonds is 4. The number of nitrogens with zero attached hydrogens (tertiary/aromatic N) is 1. The Morgan fingerprint density at radius 1 is 1.19 bits per heavy atom. The highest BCUT2D eigenvalue weighted by Crippen LogP contribution is 2.28. The van der Waals surface area contributed by atoms with Crippen LogP contribution in [0.15, 0.2) is 59.0 Å². The number of furan rings is 1. The first-order valence-corrected chi connectivity index (χ1v) is 9.29. The summed E-state index contributed by atoms with van der Waals surface area (Å²) in [5.41, 5.74) is 2.61. The van der Waals surface area contributed by atoms with E-state index >= 15 is 0 Å². The van der Waals surface area contributed by atoms with Gasteiger partial charge in [0.25, 0.3) is 5.91 Å². The van der Waals surface area contributed by atoms with Crippen molar-refractivity contribution >= 4 is 44.9 Å². The van der Waals surface area contributed by atoms with Gasteiger partial charge in [-0.3, -0.25) is 10.1 Å². The van der Waals surface area contributed by atoms with Crippen LogP contribution in [0, 0.1) is 6.92 Å². The number of halogens is 1. The fourth-order valence-corrected chi connectivity index (χ4v) is 3.90. The molecule has 0 spiro atoms. The molecule has 0 aliphatic rings. The summed E-state index contributed by atoms with van der Waals surface area (Å²) in [6, 6.07) is 17.0. The van der Waals surface area contributed by atoms with E-state index in [0.717, 1.165) is 26.5 Å². The van der Waals surface area contributed by atoms with Crippen molar-refractivity contribution in [2.24, 2.45) is 0 Å². The van der Waals surface area contributed by atoms with E-state index in [0.29, 0.717) is 17.1 Å². The maximum Gasteiger partial charge on any atom is 0.293 e. The highest BCUT2D eigenvalue weighted by Gasteiger charge is 2.16. The highest BCUT2D eigenvalue weighted by molar-refractivity contribution is 7.15. The number of thiazole rings is 1. The summed E-state index contributed by atoms with van der Waals surface area (Å²) in [4.78, 5) is 18.0. The SMILES string of the molecule is Cc1nc(NC(=O)c2cc3ccccc3o2)sc1Cc1ccccc1Cl. The summed E-state index contributed by atoms with van der Waals surface area (Å²) in [5, 5.41) is 5.00. The lowest BCUT2D eigenvalue weighted by atomic mass is 10.1. The Bertz CT molecular complexity index is 1070. The Morgan fingerprint density at radius 3 is 2.77 bits per heavy atom. The van der Waals surface area contributed by atoms with E-state index in [-0.39, 0.29) is 11.7 Å². The van der Waals surface area contributed by atoms with Crippen molar-refractivity contribution in [3.8, 4) is 0 Å². The Labute approximate surface area is 159 Å². The monoisotopic (exact) mass is 382 g/mol. The first-order valence-electron chi connectivity index (χ1n) is 8.10. The van der Waals surface area contributed by atoms with Crippen LogP contribution < -0.4 is 5.32 Å². The van der Waals surface area contributed by atoms with E-state index in [9.17, 15) is 4.79 Å². The van der Waals surface area contributed by atoms with Crippen molar-refractivity contribution in [3.05, 3.63) is 81.5 Å². The van der Waals surface area contributed by atoms with Crippen LogP contribution in [-0.2, 0) is 6.42 Å². The molecule has 130 valence electrons. The molecule has 0 aliphatic heterocycles. The predicted molar refractivity (Wildman–Crippen MR) is 105 cm³/mol. The fraction of sp³-hybridized carbons (Fsp3) is 0.100. The molecule has 26 heavy (non-hydrogen) atoms. The number of anilines is 1. The van der Waals surface area contributed by atoms with Gasteiger partial charge in [0.05, 0.1) is 5.69 Å². The van der Waals surface area contributed by atoms with Crippen molar-refractivity contribution in [2.75, 3.05) is 5.32 Å². The van der Waals surface area contributed by atoms with Crippen molar-refractivity contribution in [1.82, 2.24) is 4.98 Å². The van der Waals surface area contributed by atoms with Gasteiger partial charge in [-0.25, -0.2) is 4.98 Å². The summed E-state index contributed by atoms with van der Waals surface area (Å²) in [6.45, 7) is 1.93. The lowest BCUT2D eigenvalue weighted by Crippen LogP contribution is -2.10. The minimum absolute atomic E-state index is 0.270. The number of carbonyl (C=O) groups is 1. The molecule has 4 rings (SSSR count). The number of para-hydroxylation sites is 1. The largest absolute Gasteiger partial charge is 0.451 e. The van der Waals surface area contributed by atoms with Gasteiger partial charge in [0.2, 0.25) is 0 Å². The number of aromatic nitrogens is 1. The zero-order chi connectivity index (χ0) is 18.1. The van der Waals surface area contributed by atoms with E-state index in [1.54, 1.807) is 6.07 Å². The third kappa shape index (κ3) is 3.36. The average Bonchev–Trinajstić information content (AvgIpc) is 3.20. The van der Waals surface area contributed by atoms with Gasteiger partial charge in [-0.05, 0) is 30.7 Å². The van der Waals surface area contributed by atoms with E-state index in [4.69, 9.17) is 16.0 Å². The second-order valence-electron chi connectivity index (χ2n) is 5.90. The third-order valence-corrected chi connectivity index (χ3v) is 5.51. The van der Waals surface area contributed by atoms with Gasteiger partial charge in [0.1, 0.15) is 5.58 Å². The summed E-state index contributed by atoms with van der Waals surface area (Å²) in [6.07, 6.45) is 0.684. The number of amides is 1. The molecule has 2 heterocycles. The molecule has 1 N–H and O–H groups in total. The first kappa shape index (κ1) is 16.8. The number of aryl methyl sites for hydroxylation is 1. The maximum absolute atomic E-state index is 12.5. The molecule has 0 saturated carbocycles. The van der Waals surface area contributed by atoms with E-state index in [1.165, 1.54) is 11.3 Å². The van der Waals surface area contributed by atoms with E-state index in [1.807, 2.05) is 55.5 Å². The average molecular weight is 383 g/mol. The molecule has 6 heteroatoms. The van der Waals surface area contributed by atoms with Gasteiger partial charge in [-0.1, -0.05) is 48.0 Å². The third-order valence-electron chi connectivity index (χ3n) is 4.07. The normalized spacial score (nSPS) is 11.0. The fourth-order valence-electron chi connectivity index (χ4n) is 2.71. The molecule has 0 aliphatic carbocycles. The van der Waals surface area contributed by atoms with Crippen molar-refractivity contribution < 1.29 is 9.21 Å². The maximum atomic E-state index is 12.5. The number of fused-ring (bicyclic) bond motifs is 1. The number of carbonyl (C=O) groups excluding carboxylic acids is 1. The van der Waals surface area contributed by atoms with Gasteiger partial charge in [0, 0.05) is 21.7 Å².